The smallest absolute Gasteiger partial charge is 0.224 e. The van der Waals surface area contributed by atoms with Gasteiger partial charge < -0.3 is 5.32 Å². The van der Waals surface area contributed by atoms with Crippen molar-refractivity contribution in [2.24, 2.45) is 0 Å². The Balaban J connectivity index is 2.03. The summed E-state index contributed by atoms with van der Waals surface area (Å²) in [5, 5.41) is 3.12. The third-order valence-electron chi connectivity index (χ3n) is 3.24. The molecule has 0 saturated heterocycles. The molecule has 1 N–H and O–H groups in total. The van der Waals surface area contributed by atoms with Crippen molar-refractivity contribution in [2.75, 3.05) is 18.1 Å². The van der Waals surface area contributed by atoms with Gasteiger partial charge in [-0.2, -0.15) is 16.7 Å². The Morgan fingerprint density at radius 3 is 2.88 bits per heavy atom. The maximum absolute atomic E-state index is 13.4. The molecule has 0 aliphatic heterocycles. The van der Waals surface area contributed by atoms with Crippen LogP contribution in [0.5, 0.6) is 0 Å². The lowest BCUT2D eigenvalue weighted by Crippen LogP contribution is -2.30. The van der Waals surface area contributed by atoms with Crippen LogP contribution in [0.15, 0.2) is 6.20 Å². The Kier molecular flexibility index (Phi) is 4.09. The van der Waals surface area contributed by atoms with E-state index in [1.165, 1.54) is 25.7 Å². The molecular formula is C11H15ClFN3S. The van der Waals surface area contributed by atoms with Crippen molar-refractivity contribution in [2.45, 2.75) is 30.4 Å². The van der Waals surface area contributed by atoms with Crippen LogP contribution in [0, 0.1) is 5.82 Å². The van der Waals surface area contributed by atoms with Gasteiger partial charge in [0.2, 0.25) is 5.28 Å². The van der Waals surface area contributed by atoms with Crippen LogP contribution in [-0.2, 0) is 0 Å². The molecule has 1 aromatic rings. The molecule has 0 amide bonds. The maximum Gasteiger partial charge on any atom is 0.224 e. The van der Waals surface area contributed by atoms with E-state index in [4.69, 9.17) is 11.6 Å². The molecule has 1 aliphatic rings. The standard InChI is InChI=1S/C11H15ClFN3S/c1-17-11(4-2-3-5-11)7-15-9-8(13)6-14-10(12)16-9/h6H,2-5,7H2,1H3,(H,14,15,16). The van der Waals surface area contributed by atoms with Crippen molar-refractivity contribution >= 4 is 29.2 Å². The number of nitrogens with one attached hydrogen (secondary N) is 1. The summed E-state index contributed by atoms with van der Waals surface area (Å²) in [5.74, 6) is -0.256. The second-order valence-electron chi connectivity index (χ2n) is 4.28. The number of hydrogen-bond acceptors (Lipinski definition) is 4. The van der Waals surface area contributed by atoms with E-state index < -0.39 is 5.82 Å². The summed E-state index contributed by atoms with van der Waals surface area (Å²) in [6.07, 6.45) is 8.03. The zero-order valence-corrected chi connectivity index (χ0v) is 11.2. The molecule has 0 unspecified atom stereocenters. The second kappa shape index (κ2) is 5.40. The fourth-order valence-electron chi connectivity index (χ4n) is 2.19. The van der Waals surface area contributed by atoms with Crippen LogP contribution in [0.3, 0.4) is 0 Å². The summed E-state index contributed by atoms with van der Waals surface area (Å²) in [5.41, 5.74) is 0. The highest BCUT2D eigenvalue weighted by molar-refractivity contribution is 8.00. The largest absolute Gasteiger partial charge is 0.366 e. The van der Waals surface area contributed by atoms with Gasteiger partial charge >= 0.3 is 0 Å². The second-order valence-corrected chi connectivity index (χ2v) is 5.90. The fourth-order valence-corrected chi connectivity index (χ4v) is 3.23. The molecule has 1 heterocycles. The Morgan fingerprint density at radius 1 is 1.53 bits per heavy atom. The maximum atomic E-state index is 13.4. The van der Waals surface area contributed by atoms with Crippen molar-refractivity contribution < 1.29 is 4.39 Å². The Bertz CT molecular complexity index is 396. The average molecular weight is 276 g/mol. The quantitative estimate of drug-likeness (QED) is 0.855. The van der Waals surface area contributed by atoms with Gasteiger partial charge in [0, 0.05) is 11.3 Å². The summed E-state index contributed by atoms with van der Waals surface area (Å²) < 4.78 is 13.6. The van der Waals surface area contributed by atoms with Crippen molar-refractivity contribution in [1.82, 2.24) is 9.97 Å². The number of aromatic nitrogens is 2. The van der Waals surface area contributed by atoms with Gasteiger partial charge in [-0.05, 0) is 30.7 Å². The Hall–Kier alpha value is -0.550. The fraction of sp³-hybridized carbons (Fsp3) is 0.636. The van der Waals surface area contributed by atoms with Crippen LogP contribution in [0.25, 0.3) is 0 Å². The summed E-state index contributed by atoms with van der Waals surface area (Å²) in [6, 6.07) is 0. The van der Waals surface area contributed by atoms with E-state index >= 15 is 0 Å². The molecule has 0 atom stereocenters. The third kappa shape index (κ3) is 3.01. The van der Waals surface area contributed by atoms with Crippen LogP contribution in [0.1, 0.15) is 25.7 Å². The van der Waals surface area contributed by atoms with E-state index in [2.05, 4.69) is 21.5 Å². The summed E-state index contributed by atoms with van der Waals surface area (Å²) in [4.78, 5) is 7.45. The van der Waals surface area contributed by atoms with Crippen molar-refractivity contribution in [1.29, 1.82) is 0 Å². The predicted octanol–water partition coefficient (Wildman–Crippen LogP) is 3.36. The lowest BCUT2D eigenvalue weighted by Gasteiger charge is -2.27. The van der Waals surface area contributed by atoms with Gasteiger partial charge in [0.05, 0.1) is 6.20 Å². The number of anilines is 1. The van der Waals surface area contributed by atoms with Crippen LogP contribution in [0.2, 0.25) is 5.28 Å². The molecule has 94 valence electrons. The van der Waals surface area contributed by atoms with Gasteiger partial charge in [-0.1, -0.05) is 12.8 Å². The molecule has 1 fully saturated rings. The highest BCUT2D eigenvalue weighted by Gasteiger charge is 2.32. The molecule has 1 aliphatic carbocycles. The molecule has 17 heavy (non-hydrogen) atoms. The van der Waals surface area contributed by atoms with E-state index in [0.717, 1.165) is 12.7 Å². The first-order chi connectivity index (χ1) is 8.15. The van der Waals surface area contributed by atoms with Gasteiger partial charge in [-0.15, -0.1) is 0 Å². The van der Waals surface area contributed by atoms with Gasteiger partial charge in [0.1, 0.15) is 0 Å². The molecule has 1 saturated carbocycles. The van der Waals surface area contributed by atoms with E-state index in [1.54, 1.807) is 0 Å². The van der Waals surface area contributed by atoms with Crippen LogP contribution in [-0.4, -0.2) is 27.5 Å². The van der Waals surface area contributed by atoms with Crippen LogP contribution < -0.4 is 5.32 Å². The molecule has 0 spiro atoms. The molecular weight excluding hydrogens is 261 g/mol. The zero-order chi connectivity index (χ0) is 12.3. The highest BCUT2D eigenvalue weighted by Crippen LogP contribution is 2.40. The van der Waals surface area contributed by atoms with Crippen LogP contribution >= 0.6 is 23.4 Å². The average Bonchev–Trinajstić information content (AvgIpc) is 2.80. The molecule has 0 bridgehead atoms. The first-order valence-electron chi connectivity index (χ1n) is 5.62. The van der Waals surface area contributed by atoms with E-state index in [1.807, 2.05) is 11.8 Å². The first-order valence-corrected chi connectivity index (χ1v) is 7.22. The van der Waals surface area contributed by atoms with E-state index in [-0.39, 0.29) is 15.8 Å². The molecule has 3 nitrogen and oxygen atoms in total. The third-order valence-corrected chi connectivity index (χ3v) is 4.84. The monoisotopic (exact) mass is 275 g/mol. The van der Waals surface area contributed by atoms with Crippen molar-refractivity contribution in [3.8, 4) is 0 Å². The summed E-state index contributed by atoms with van der Waals surface area (Å²) in [6.45, 7) is 0.721. The summed E-state index contributed by atoms with van der Waals surface area (Å²) in [7, 11) is 0. The highest BCUT2D eigenvalue weighted by atomic mass is 35.5. The number of rotatable bonds is 4. The minimum atomic E-state index is -0.455. The Labute approximate surface area is 110 Å². The van der Waals surface area contributed by atoms with Gasteiger partial charge in [0.15, 0.2) is 11.6 Å². The van der Waals surface area contributed by atoms with Crippen molar-refractivity contribution in [3.63, 3.8) is 0 Å². The number of hydrogen-bond donors (Lipinski definition) is 1. The molecule has 1 aromatic heterocycles. The normalized spacial score (nSPS) is 18.3. The number of nitrogens with zero attached hydrogens (tertiary/aromatic N) is 2. The predicted molar refractivity (Wildman–Crippen MR) is 70.2 cm³/mol. The molecule has 0 radical (unpaired) electrons. The van der Waals surface area contributed by atoms with Crippen LogP contribution in [0.4, 0.5) is 10.2 Å². The van der Waals surface area contributed by atoms with Gasteiger partial charge in [-0.3, -0.25) is 0 Å². The lowest BCUT2D eigenvalue weighted by molar-refractivity contribution is 0.604. The van der Waals surface area contributed by atoms with Gasteiger partial charge in [0.25, 0.3) is 0 Å². The van der Waals surface area contributed by atoms with Crippen molar-refractivity contribution in [3.05, 3.63) is 17.3 Å². The minimum Gasteiger partial charge on any atom is -0.366 e. The molecule has 6 heteroatoms. The lowest BCUT2D eigenvalue weighted by atomic mass is 10.1. The minimum absolute atomic E-state index is 0.0681. The molecule has 0 aromatic carbocycles. The zero-order valence-electron chi connectivity index (χ0n) is 9.67. The summed E-state index contributed by atoms with van der Waals surface area (Å²) >= 11 is 7.49. The van der Waals surface area contributed by atoms with E-state index in [0.29, 0.717) is 0 Å². The number of halogens is 2. The SMILES string of the molecule is CSC1(CNc2nc(Cl)ncc2F)CCCC1. The number of thioether (sulfide) groups is 1. The topological polar surface area (TPSA) is 37.8 Å². The van der Waals surface area contributed by atoms with Gasteiger partial charge in [-0.25, -0.2) is 9.37 Å². The molecule has 2 rings (SSSR count). The first kappa shape index (κ1) is 12.9. The Morgan fingerprint density at radius 2 is 2.24 bits per heavy atom. The van der Waals surface area contributed by atoms with E-state index in [9.17, 15) is 4.39 Å².